The number of nitrogens with one attached hydrogen (secondary N) is 2. The monoisotopic (exact) mass is 638 g/mol. The van der Waals surface area contributed by atoms with Gasteiger partial charge in [0, 0.05) is 13.0 Å². The van der Waals surface area contributed by atoms with Gasteiger partial charge in [-0.25, -0.2) is 9.59 Å². The minimum absolute atomic E-state index is 0.0890. The van der Waals surface area contributed by atoms with Gasteiger partial charge in [0.2, 0.25) is 17.7 Å². The molecule has 46 heavy (non-hydrogen) atoms. The zero-order valence-corrected chi connectivity index (χ0v) is 28.6. The van der Waals surface area contributed by atoms with E-state index in [4.69, 9.17) is 15.2 Å². The first-order chi connectivity index (χ1) is 21.3. The predicted molar refractivity (Wildman–Crippen MR) is 176 cm³/mol. The maximum atomic E-state index is 14.5. The second-order valence-electron chi connectivity index (χ2n) is 13.4. The van der Waals surface area contributed by atoms with E-state index in [1.54, 1.807) is 41.5 Å². The minimum Gasteiger partial charge on any atom is -0.458 e. The lowest BCUT2D eigenvalue weighted by Crippen LogP contribution is -2.56. The largest absolute Gasteiger partial charge is 0.458 e. The number of carbonyl (C=O) groups is 5. The molecule has 252 valence electrons. The van der Waals surface area contributed by atoms with E-state index in [0.29, 0.717) is 12.0 Å². The summed E-state index contributed by atoms with van der Waals surface area (Å²) in [6.45, 7) is 15.8. The molecule has 0 aliphatic rings. The molecular weight excluding hydrogens is 588 g/mol. The lowest BCUT2D eigenvalue weighted by atomic mass is 9.93. The molecule has 2 aromatic carbocycles. The van der Waals surface area contributed by atoms with Crippen LogP contribution in [0.25, 0.3) is 0 Å². The molecule has 0 saturated heterocycles. The Bertz CT molecular complexity index is 1360. The van der Waals surface area contributed by atoms with Crippen molar-refractivity contribution in [2.24, 2.45) is 5.73 Å². The van der Waals surface area contributed by atoms with E-state index in [9.17, 15) is 24.0 Å². The van der Waals surface area contributed by atoms with Gasteiger partial charge in [-0.1, -0.05) is 55.5 Å². The molecule has 0 bridgehead atoms. The van der Waals surface area contributed by atoms with Gasteiger partial charge in [-0.2, -0.15) is 0 Å². The van der Waals surface area contributed by atoms with Crippen LogP contribution >= 0.6 is 0 Å². The third-order valence-corrected chi connectivity index (χ3v) is 6.81. The van der Waals surface area contributed by atoms with Gasteiger partial charge in [-0.3, -0.25) is 14.4 Å². The number of carbonyl (C=O) groups excluding carboxylic acids is 5. The summed E-state index contributed by atoms with van der Waals surface area (Å²) in [5, 5.41) is 5.35. The van der Waals surface area contributed by atoms with E-state index in [0.717, 1.165) is 16.7 Å². The zero-order chi connectivity index (χ0) is 34.8. The van der Waals surface area contributed by atoms with Crippen molar-refractivity contribution >= 4 is 29.8 Å². The molecule has 4 N–H and O–H groups in total. The minimum atomic E-state index is -1.41. The van der Waals surface area contributed by atoms with Crippen LogP contribution in [0.1, 0.15) is 89.6 Å². The predicted octanol–water partition coefficient (Wildman–Crippen LogP) is 4.42. The van der Waals surface area contributed by atoms with Gasteiger partial charge in [0.1, 0.15) is 29.3 Å². The highest BCUT2D eigenvalue weighted by molar-refractivity contribution is 5.96. The molecule has 0 heterocycles. The number of primary amides is 1. The Balaban J connectivity index is 2.65. The van der Waals surface area contributed by atoms with Crippen LogP contribution in [0.5, 0.6) is 0 Å². The van der Waals surface area contributed by atoms with E-state index in [1.807, 2.05) is 69.3 Å². The molecule has 4 amide bonds. The van der Waals surface area contributed by atoms with E-state index < -0.39 is 65.5 Å². The number of hydrogen-bond acceptors (Lipinski definition) is 7. The topological polar surface area (TPSA) is 157 Å². The highest BCUT2D eigenvalue weighted by Crippen LogP contribution is 2.29. The first-order valence-electron chi connectivity index (χ1n) is 15.5. The summed E-state index contributed by atoms with van der Waals surface area (Å²) in [5.41, 5.74) is 6.63. The van der Waals surface area contributed by atoms with Gasteiger partial charge in [0.25, 0.3) is 0 Å². The van der Waals surface area contributed by atoms with Crippen molar-refractivity contribution in [3.8, 4) is 0 Å². The van der Waals surface area contributed by atoms with Gasteiger partial charge in [0.05, 0.1) is 6.42 Å². The highest BCUT2D eigenvalue weighted by Gasteiger charge is 2.39. The third-order valence-electron chi connectivity index (χ3n) is 6.81. The first-order valence-corrected chi connectivity index (χ1v) is 15.5. The fourth-order valence-electron chi connectivity index (χ4n) is 5.01. The maximum absolute atomic E-state index is 14.5. The fourth-order valence-corrected chi connectivity index (χ4v) is 5.01. The number of nitrogens with two attached hydrogens (primary N) is 1. The average molecular weight is 639 g/mol. The second kappa shape index (κ2) is 16.2. The number of alkyl carbamates (subject to hydrolysis) is 1. The molecule has 3 unspecified atom stereocenters. The van der Waals surface area contributed by atoms with Crippen LogP contribution in [0.2, 0.25) is 0 Å². The number of nitrogens with zero attached hydrogens (tertiary/aromatic N) is 1. The lowest BCUT2D eigenvalue weighted by Gasteiger charge is -2.36. The Morgan fingerprint density at radius 3 is 1.87 bits per heavy atom. The summed E-state index contributed by atoms with van der Waals surface area (Å²) in [6.07, 6.45) is -0.846. The normalized spacial score (nSPS) is 13.5. The average Bonchev–Trinajstić information content (AvgIpc) is 2.91. The van der Waals surface area contributed by atoms with Crippen LogP contribution in [-0.2, 0) is 35.1 Å². The van der Waals surface area contributed by atoms with Crippen LogP contribution in [0.4, 0.5) is 4.79 Å². The Morgan fingerprint density at radius 2 is 1.37 bits per heavy atom. The van der Waals surface area contributed by atoms with E-state index >= 15 is 0 Å². The molecule has 2 rings (SSSR count). The van der Waals surface area contributed by atoms with Crippen LogP contribution in [0, 0.1) is 13.8 Å². The lowest BCUT2D eigenvalue weighted by molar-refractivity contribution is -0.159. The van der Waals surface area contributed by atoms with Crippen molar-refractivity contribution < 1.29 is 33.4 Å². The fraction of sp³-hybridized carbons (Fsp3) is 0.514. The summed E-state index contributed by atoms with van der Waals surface area (Å²) in [5.74, 6) is -2.78. The highest BCUT2D eigenvalue weighted by atomic mass is 16.6. The molecule has 0 aliphatic carbocycles. The third kappa shape index (κ3) is 11.8. The Labute approximate surface area is 272 Å². The summed E-state index contributed by atoms with van der Waals surface area (Å²) >= 11 is 0. The Hall–Kier alpha value is -4.41. The van der Waals surface area contributed by atoms with Gasteiger partial charge in [-0.15, -0.1) is 0 Å². The van der Waals surface area contributed by atoms with Gasteiger partial charge in [-0.05, 0) is 84.1 Å². The maximum Gasteiger partial charge on any atom is 0.408 e. The van der Waals surface area contributed by atoms with Crippen LogP contribution in [0.15, 0.2) is 48.5 Å². The Kier molecular flexibility index (Phi) is 13.3. The standard InChI is InChI=1S/C35H50N4O7/c1-10-19-39(31(42)25(21-27(36)40)38-33(44)46-35(7,8)9)29(28-22(2)15-14-16-23(28)3)30(41)37-26(32(43)45-34(4,5)6)20-24-17-12-11-13-18-24/h11-18,25-26,29H,10,19-21H2,1-9H3,(H2,36,40)(H,37,41)(H,38,44). The van der Waals surface area contributed by atoms with Crippen LogP contribution in [0.3, 0.4) is 0 Å². The van der Waals surface area contributed by atoms with Crippen molar-refractivity contribution in [2.45, 2.75) is 111 Å². The zero-order valence-electron chi connectivity index (χ0n) is 28.6. The summed E-state index contributed by atoms with van der Waals surface area (Å²) in [7, 11) is 0. The number of amides is 4. The van der Waals surface area contributed by atoms with Gasteiger partial charge in [0.15, 0.2) is 0 Å². The molecule has 2 aromatic rings. The molecule has 0 aliphatic heterocycles. The molecule has 0 radical (unpaired) electrons. The quantitative estimate of drug-likeness (QED) is 0.274. The molecule has 3 atom stereocenters. The number of aryl methyl sites for hydroxylation is 2. The van der Waals surface area contributed by atoms with Crippen molar-refractivity contribution in [3.05, 3.63) is 70.8 Å². The number of rotatable bonds is 13. The summed E-state index contributed by atoms with van der Waals surface area (Å²) in [6, 6.07) is 11.0. The molecule has 11 nitrogen and oxygen atoms in total. The first kappa shape index (κ1) is 37.8. The van der Waals surface area contributed by atoms with Gasteiger partial charge < -0.3 is 30.7 Å². The van der Waals surface area contributed by atoms with Crippen molar-refractivity contribution in [1.29, 1.82) is 0 Å². The molecule has 0 spiro atoms. The second-order valence-corrected chi connectivity index (χ2v) is 13.4. The number of benzene rings is 2. The SMILES string of the molecule is CCCN(C(=O)C(CC(N)=O)NC(=O)OC(C)(C)C)C(C(=O)NC(Cc1ccccc1)C(=O)OC(C)(C)C)c1c(C)cccc1C. The molecule has 0 fully saturated rings. The van der Waals surface area contributed by atoms with E-state index in [-0.39, 0.29) is 13.0 Å². The van der Waals surface area contributed by atoms with Crippen molar-refractivity contribution in [1.82, 2.24) is 15.5 Å². The molecule has 11 heteroatoms. The molecular formula is C35H50N4O7. The van der Waals surface area contributed by atoms with Crippen molar-refractivity contribution in [2.75, 3.05) is 6.54 Å². The number of ether oxygens (including phenoxy) is 2. The van der Waals surface area contributed by atoms with E-state index in [1.165, 1.54) is 4.90 Å². The Morgan fingerprint density at radius 1 is 0.804 bits per heavy atom. The smallest absolute Gasteiger partial charge is 0.408 e. The number of esters is 1. The molecule has 0 saturated carbocycles. The van der Waals surface area contributed by atoms with Crippen LogP contribution in [-0.4, -0.2) is 64.5 Å². The molecule has 0 aromatic heterocycles. The summed E-state index contributed by atoms with van der Waals surface area (Å²) in [4.78, 5) is 68.4. The van der Waals surface area contributed by atoms with Crippen molar-refractivity contribution in [3.63, 3.8) is 0 Å². The number of hydrogen-bond donors (Lipinski definition) is 3. The van der Waals surface area contributed by atoms with E-state index in [2.05, 4.69) is 10.6 Å². The summed E-state index contributed by atoms with van der Waals surface area (Å²) < 4.78 is 11.0. The van der Waals surface area contributed by atoms with Gasteiger partial charge >= 0.3 is 12.1 Å². The van der Waals surface area contributed by atoms with Crippen LogP contribution < -0.4 is 16.4 Å².